The predicted molar refractivity (Wildman–Crippen MR) is 117 cm³/mol. The van der Waals surface area contributed by atoms with Crippen LogP contribution >= 0.6 is 35.8 Å². The van der Waals surface area contributed by atoms with Gasteiger partial charge in [-0.1, -0.05) is 35.6 Å². The van der Waals surface area contributed by atoms with Gasteiger partial charge in [-0.2, -0.15) is 0 Å². The number of nitrogens with zero attached hydrogens (tertiary/aromatic N) is 2. The largest absolute Gasteiger partial charge is 0.316 e. The van der Waals surface area contributed by atoms with E-state index < -0.39 is 0 Å². The number of aromatic nitrogens is 3. The number of H-pyrrole nitrogens is 1. The normalized spacial score (nSPS) is 11.2. The molecule has 0 aliphatic heterocycles. The smallest absolute Gasteiger partial charge is 0.278 e. The number of para-hydroxylation sites is 1. The zero-order chi connectivity index (χ0) is 19.3. The van der Waals surface area contributed by atoms with Crippen molar-refractivity contribution in [2.45, 2.75) is 20.8 Å². The summed E-state index contributed by atoms with van der Waals surface area (Å²) in [7, 11) is 0. The molecule has 0 aliphatic carbocycles. The Labute approximate surface area is 170 Å². The Morgan fingerprint density at radius 1 is 0.926 bits per heavy atom. The Morgan fingerprint density at radius 2 is 1.67 bits per heavy atom. The Bertz CT molecular complexity index is 1370. The third-order valence-corrected chi connectivity index (χ3v) is 6.39. The van der Waals surface area contributed by atoms with E-state index in [4.69, 9.17) is 24.4 Å². The Kier molecular flexibility index (Phi) is 4.46. The van der Waals surface area contributed by atoms with Crippen molar-refractivity contribution in [2.24, 2.45) is 0 Å². The molecule has 2 heterocycles. The maximum Gasteiger partial charge on any atom is 0.278 e. The van der Waals surface area contributed by atoms with Gasteiger partial charge in [0.15, 0.2) is 8.73 Å². The minimum atomic E-state index is -0.151. The first kappa shape index (κ1) is 18.0. The lowest BCUT2D eigenvalue weighted by Gasteiger charge is -2.11. The Morgan fingerprint density at radius 3 is 2.37 bits per heavy atom. The number of hydrogen-bond acceptors (Lipinski definition) is 4. The van der Waals surface area contributed by atoms with Crippen LogP contribution in [0.3, 0.4) is 0 Å². The van der Waals surface area contributed by atoms with Gasteiger partial charge >= 0.3 is 0 Å². The van der Waals surface area contributed by atoms with E-state index in [9.17, 15) is 4.79 Å². The average Bonchev–Trinajstić information content (AvgIpc) is 2.95. The SMILES string of the molecule is Cc1ccc(-n2c(=S)sc3c(=O)n(-c4ccccc4C)c(=S)[nH]c32)cc1C. The lowest BCUT2D eigenvalue weighted by Crippen LogP contribution is -2.21. The fraction of sp³-hybridized carbons (Fsp3) is 0.150. The van der Waals surface area contributed by atoms with Crippen LogP contribution in [0.2, 0.25) is 0 Å². The summed E-state index contributed by atoms with van der Waals surface area (Å²) in [5, 5.41) is 0. The molecule has 0 fully saturated rings. The lowest BCUT2D eigenvalue weighted by atomic mass is 10.1. The summed E-state index contributed by atoms with van der Waals surface area (Å²) in [6.07, 6.45) is 0. The molecule has 0 radical (unpaired) electrons. The lowest BCUT2D eigenvalue weighted by molar-refractivity contribution is 0.919. The van der Waals surface area contributed by atoms with E-state index in [1.807, 2.05) is 41.8 Å². The van der Waals surface area contributed by atoms with Crippen LogP contribution in [0.4, 0.5) is 0 Å². The third-order valence-electron chi connectivity index (χ3n) is 4.74. The zero-order valence-corrected chi connectivity index (χ0v) is 17.5. The van der Waals surface area contributed by atoms with Crippen molar-refractivity contribution in [2.75, 3.05) is 0 Å². The molecule has 0 aliphatic rings. The van der Waals surface area contributed by atoms with Gasteiger partial charge in [0.1, 0.15) is 10.3 Å². The van der Waals surface area contributed by atoms with Crippen LogP contribution in [0.15, 0.2) is 47.3 Å². The minimum Gasteiger partial charge on any atom is -0.316 e. The molecule has 4 aromatic rings. The average molecular weight is 412 g/mol. The van der Waals surface area contributed by atoms with Gasteiger partial charge in [0.05, 0.1) is 5.69 Å². The number of fused-ring (bicyclic) bond motifs is 1. The second-order valence-electron chi connectivity index (χ2n) is 6.51. The van der Waals surface area contributed by atoms with Crippen molar-refractivity contribution in [1.29, 1.82) is 0 Å². The van der Waals surface area contributed by atoms with Gasteiger partial charge in [0.2, 0.25) is 0 Å². The van der Waals surface area contributed by atoms with Gasteiger partial charge in [-0.05, 0) is 80.1 Å². The summed E-state index contributed by atoms with van der Waals surface area (Å²) in [6, 6.07) is 13.8. The van der Waals surface area contributed by atoms with E-state index in [1.54, 1.807) is 4.57 Å². The molecule has 1 N–H and O–H groups in total. The van der Waals surface area contributed by atoms with Crippen molar-refractivity contribution >= 4 is 46.1 Å². The van der Waals surface area contributed by atoms with Crippen LogP contribution in [-0.4, -0.2) is 14.1 Å². The van der Waals surface area contributed by atoms with Crippen LogP contribution in [0.25, 0.3) is 21.7 Å². The number of rotatable bonds is 2. The van der Waals surface area contributed by atoms with E-state index in [2.05, 4.69) is 31.0 Å². The molecule has 4 rings (SSSR count). The van der Waals surface area contributed by atoms with Crippen molar-refractivity contribution in [3.63, 3.8) is 0 Å². The van der Waals surface area contributed by atoms with E-state index >= 15 is 0 Å². The molecular formula is C20H17N3OS3. The summed E-state index contributed by atoms with van der Waals surface area (Å²) < 4.78 is 4.96. The highest BCUT2D eigenvalue weighted by atomic mass is 32.1. The predicted octanol–water partition coefficient (Wildman–Crippen LogP) is 5.56. The van der Waals surface area contributed by atoms with Crippen LogP contribution in [0.5, 0.6) is 0 Å². The molecule has 2 aromatic heterocycles. The van der Waals surface area contributed by atoms with Crippen molar-refractivity contribution < 1.29 is 0 Å². The van der Waals surface area contributed by atoms with E-state index in [0.717, 1.165) is 16.9 Å². The number of benzene rings is 2. The molecule has 0 saturated heterocycles. The number of thiazole rings is 1. The first-order valence-electron chi connectivity index (χ1n) is 8.43. The van der Waals surface area contributed by atoms with Gasteiger partial charge in [0, 0.05) is 5.69 Å². The summed E-state index contributed by atoms with van der Waals surface area (Å²) in [6.45, 7) is 6.09. The standard InChI is InChI=1S/C20H17N3OS3/c1-11-8-9-14(10-13(11)3)22-17-16(27-20(22)26)18(24)23(19(25)21-17)15-7-5-4-6-12(15)2/h4-10H,1-3H3,(H,21,25). The molecule has 4 nitrogen and oxygen atoms in total. The number of hydrogen-bond donors (Lipinski definition) is 1. The summed E-state index contributed by atoms with van der Waals surface area (Å²) in [4.78, 5) is 16.5. The summed E-state index contributed by atoms with van der Waals surface area (Å²) in [5.41, 5.74) is 5.56. The highest BCUT2D eigenvalue weighted by Crippen LogP contribution is 2.25. The van der Waals surface area contributed by atoms with Gasteiger partial charge in [-0.15, -0.1) is 0 Å². The van der Waals surface area contributed by atoms with Crippen molar-refractivity contribution in [3.8, 4) is 11.4 Å². The van der Waals surface area contributed by atoms with Gasteiger partial charge in [0.25, 0.3) is 5.56 Å². The van der Waals surface area contributed by atoms with E-state index in [0.29, 0.717) is 19.1 Å². The molecular weight excluding hydrogens is 394 g/mol. The second-order valence-corrected chi connectivity index (χ2v) is 8.54. The molecule has 136 valence electrons. The molecule has 0 unspecified atom stereocenters. The highest BCUT2D eigenvalue weighted by molar-refractivity contribution is 7.73. The molecule has 0 bridgehead atoms. The molecule has 0 atom stereocenters. The van der Waals surface area contributed by atoms with Crippen LogP contribution in [-0.2, 0) is 0 Å². The second kappa shape index (κ2) is 6.67. The quantitative estimate of drug-likeness (QED) is 0.440. The van der Waals surface area contributed by atoms with Crippen LogP contribution in [0, 0.1) is 29.5 Å². The summed E-state index contributed by atoms with van der Waals surface area (Å²) >= 11 is 12.4. The zero-order valence-electron chi connectivity index (χ0n) is 15.1. The van der Waals surface area contributed by atoms with Gasteiger partial charge in [-0.25, -0.2) is 0 Å². The van der Waals surface area contributed by atoms with Crippen molar-refractivity contribution in [3.05, 3.63) is 78.2 Å². The minimum absolute atomic E-state index is 0.151. The van der Waals surface area contributed by atoms with Crippen LogP contribution < -0.4 is 5.56 Å². The Balaban J connectivity index is 2.07. The first-order valence-corrected chi connectivity index (χ1v) is 10.1. The molecule has 27 heavy (non-hydrogen) atoms. The first-order chi connectivity index (χ1) is 12.9. The summed E-state index contributed by atoms with van der Waals surface area (Å²) in [5.74, 6) is 0. The molecule has 2 aromatic carbocycles. The topological polar surface area (TPSA) is 42.7 Å². The molecule has 0 saturated carbocycles. The molecule has 0 amide bonds. The van der Waals surface area contributed by atoms with Gasteiger partial charge in [-0.3, -0.25) is 13.9 Å². The van der Waals surface area contributed by atoms with Crippen LogP contribution in [0.1, 0.15) is 16.7 Å². The number of nitrogens with one attached hydrogen (secondary N) is 1. The monoisotopic (exact) mass is 411 g/mol. The highest BCUT2D eigenvalue weighted by Gasteiger charge is 2.16. The number of aryl methyl sites for hydroxylation is 3. The molecule has 0 spiro atoms. The number of aromatic amines is 1. The fourth-order valence-corrected chi connectivity index (χ4v) is 4.72. The van der Waals surface area contributed by atoms with Gasteiger partial charge < -0.3 is 4.98 Å². The maximum atomic E-state index is 13.2. The van der Waals surface area contributed by atoms with Crippen molar-refractivity contribution in [1.82, 2.24) is 14.1 Å². The molecule has 7 heteroatoms. The van der Waals surface area contributed by atoms with E-state index in [-0.39, 0.29) is 5.56 Å². The fourth-order valence-electron chi connectivity index (χ4n) is 3.11. The Hall–Kier alpha value is -2.35. The third kappa shape index (κ3) is 2.92. The maximum absolute atomic E-state index is 13.2. The van der Waals surface area contributed by atoms with E-state index in [1.165, 1.54) is 22.5 Å².